The molecule has 8 aromatic carbocycles. The van der Waals surface area contributed by atoms with Gasteiger partial charge in [0.05, 0.1) is 11.0 Å². The second-order valence-corrected chi connectivity index (χ2v) is 13.3. The minimum atomic E-state index is 0.890. The average molecular weight is 652 g/mol. The molecule has 51 heavy (non-hydrogen) atoms. The van der Waals surface area contributed by atoms with E-state index in [2.05, 4.69) is 162 Å². The highest BCUT2D eigenvalue weighted by molar-refractivity contribution is 6.21. The van der Waals surface area contributed by atoms with Crippen molar-refractivity contribution in [3.05, 3.63) is 176 Å². The van der Waals surface area contributed by atoms with Gasteiger partial charge in [-0.1, -0.05) is 133 Å². The Labute approximate surface area is 293 Å². The molecule has 0 amide bonds. The second kappa shape index (κ2) is 10.8. The first kappa shape index (κ1) is 28.0. The molecule has 0 aliphatic carbocycles. The average Bonchev–Trinajstić information content (AvgIpc) is 3.88. The fourth-order valence-corrected chi connectivity index (χ4v) is 8.02. The van der Waals surface area contributed by atoms with Crippen LogP contribution in [0.15, 0.2) is 185 Å². The van der Waals surface area contributed by atoms with Crippen LogP contribution in [0.3, 0.4) is 0 Å². The monoisotopic (exact) mass is 651 g/mol. The zero-order chi connectivity index (χ0) is 33.5. The Morgan fingerprint density at radius 1 is 0.333 bits per heavy atom. The van der Waals surface area contributed by atoms with E-state index in [1.165, 1.54) is 16.5 Å². The molecule has 0 atom stereocenters. The SMILES string of the molecule is c1ccc(-c2ccc(-c3cc(-c4cccc5c4oc4ccccc45)cc(-n4c5ccccc5c5ccc6c7ccccc7oc6c54)c3)cc2)cc1. The molecule has 0 saturated carbocycles. The minimum absolute atomic E-state index is 0.890. The number of para-hydroxylation sites is 4. The number of furan rings is 2. The van der Waals surface area contributed by atoms with Crippen molar-refractivity contribution in [3.63, 3.8) is 0 Å². The van der Waals surface area contributed by atoms with E-state index in [0.29, 0.717) is 0 Å². The Kier molecular flexibility index (Phi) is 5.96. The molecule has 0 unspecified atom stereocenters. The van der Waals surface area contributed by atoms with Gasteiger partial charge in [0.1, 0.15) is 16.7 Å². The second-order valence-electron chi connectivity index (χ2n) is 13.3. The number of fused-ring (bicyclic) bond motifs is 10. The van der Waals surface area contributed by atoms with E-state index in [9.17, 15) is 0 Å². The van der Waals surface area contributed by atoms with Gasteiger partial charge in [0.25, 0.3) is 0 Å². The van der Waals surface area contributed by atoms with E-state index in [-0.39, 0.29) is 0 Å². The molecular weight excluding hydrogens is 623 g/mol. The summed E-state index contributed by atoms with van der Waals surface area (Å²) < 4.78 is 15.7. The van der Waals surface area contributed by atoms with Crippen molar-refractivity contribution in [1.82, 2.24) is 4.57 Å². The van der Waals surface area contributed by atoms with Crippen molar-refractivity contribution in [3.8, 4) is 39.1 Å². The van der Waals surface area contributed by atoms with Gasteiger partial charge in [-0.2, -0.15) is 0 Å². The molecule has 0 N–H and O–H groups in total. The topological polar surface area (TPSA) is 31.2 Å². The van der Waals surface area contributed by atoms with Gasteiger partial charge in [-0.05, 0) is 70.3 Å². The van der Waals surface area contributed by atoms with Gasteiger partial charge in [0.15, 0.2) is 5.58 Å². The maximum atomic E-state index is 6.70. The van der Waals surface area contributed by atoms with Crippen molar-refractivity contribution >= 4 is 65.7 Å². The summed E-state index contributed by atoms with van der Waals surface area (Å²) in [5.74, 6) is 0. The molecule has 0 bridgehead atoms. The van der Waals surface area contributed by atoms with Gasteiger partial charge >= 0.3 is 0 Å². The Morgan fingerprint density at radius 3 is 1.65 bits per heavy atom. The van der Waals surface area contributed by atoms with E-state index in [4.69, 9.17) is 8.83 Å². The molecule has 11 rings (SSSR count). The highest BCUT2D eigenvalue weighted by atomic mass is 16.3. The van der Waals surface area contributed by atoms with Gasteiger partial charge in [-0.25, -0.2) is 0 Å². The maximum absolute atomic E-state index is 6.70. The summed E-state index contributed by atoms with van der Waals surface area (Å²) >= 11 is 0. The van der Waals surface area contributed by atoms with Crippen LogP contribution < -0.4 is 0 Å². The van der Waals surface area contributed by atoms with Crippen LogP contribution in [-0.4, -0.2) is 4.57 Å². The highest BCUT2D eigenvalue weighted by Gasteiger charge is 2.21. The highest BCUT2D eigenvalue weighted by Crippen LogP contribution is 2.43. The number of hydrogen-bond acceptors (Lipinski definition) is 2. The molecule has 0 saturated heterocycles. The third-order valence-electron chi connectivity index (χ3n) is 10.4. The third kappa shape index (κ3) is 4.25. The number of rotatable bonds is 4. The lowest BCUT2D eigenvalue weighted by Gasteiger charge is -2.15. The molecule has 3 heteroatoms. The minimum Gasteiger partial charge on any atom is -0.455 e. The first-order valence-electron chi connectivity index (χ1n) is 17.3. The van der Waals surface area contributed by atoms with Crippen LogP contribution in [-0.2, 0) is 0 Å². The normalized spacial score (nSPS) is 11.9. The number of hydrogen-bond donors (Lipinski definition) is 0. The van der Waals surface area contributed by atoms with Crippen LogP contribution in [0.2, 0.25) is 0 Å². The number of benzene rings is 8. The fraction of sp³-hybridized carbons (Fsp3) is 0. The van der Waals surface area contributed by atoms with Crippen LogP contribution >= 0.6 is 0 Å². The lowest BCUT2D eigenvalue weighted by Crippen LogP contribution is -1.96. The van der Waals surface area contributed by atoms with Gasteiger partial charge in [-0.3, -0.25) is 0 Å². The van der Waals surface area contributed by atoms with Gasteiger partial charge in [-0.15, -0.1) is 0 Å². The quantitative estimate of drug-likeness (QED) is 0.190. The Bertz CT molecular complexity index is 3120. The van der Waals surface area contributed by atoms with Crippen LogP contribution in [0.1, 0.15) is 0 Å². The van der Waals surface area contributed by atoms with Gasteiger partial charge in [0.2, 0.25) is 0 Å². The van der Waals surface area contributed by atoms with Crippen molar-refractivity contribution in [2.24, 2.45) is 0 Å². The number of aromatic nitrogens is 1. The van der Waals surface area contributed by atoms with Crippen molar-refractivity contribution in [1.29, 1.82) is 0 Å². The molecule has 3 aromatic heterocycles. The summed E-state index contributed by atoms with van der Waals surface area (Å²) in [5.41, 5.74) is 13.6. The fourth-order valence-electron chi connectivity index (χ4n) is 8.02. The molecule has 3 nitrogen and oxygen atoms in total. The Morgan fingerprint density at radius 2 is 0.882 bits per heavy atom. The van der Waals surface area contributed by atoms with E-state index in [1.807, 2.05) is 18.2 Å². The summed E-state index contributed by atoms with van der Waals surface area (Å²) in [6, 6.07) is 62.5. The predicted molar refractivity (Wildman–Crippen MR) is 212 cm³/mol. The predicted octanol–water partition coefficient (Wildman–Crippen LogP) is 13.6. The molecular formula is C48H29NO2. The summed E-state index contributed by atoms with van der Waals surface area (Å²) in [4.78, 5) is 0. The summed E-state index contributed by atoms with van der Waals surface area (Å²) in [7, 11) is 0. The van der Waals surface area contributed by atoms with Crippen LogP contribution in [0.4, 0.5) is 0 Å². The zero-order valence-electron chi connectivity index (χ0n) is 27.5. The molecule has 0 aliphatic heterocycles. The molecule has 3 heterocycles. The van der Waals surface area contributed by atoms with Crippen LogP contribution in [0.5, 0.6) is 0 Å². The summed E-state index contributed by atoms with van der Waals surface area (Å²) in [5, 5.41) is 6.82. The summed E-state index contributed by atoms with van der Waals surface area (Å²) in [6.07, 6.45) is 0. The van der Waals surface area contributed by atoms with Crippen LogP contribution in [0, 0.1) is 0 Å². The molecule has 11 aromatic rings. The van der Waals surface area contributed by atoms with Crippen molar-refractivity contribution in [2.75, 3.05) is 0 Å². The van der Waals surface area contributed by atoms with Gasteiger partial charge < -0.3 is 13.4 Å². The van der Waals surface area contributed by atoms with E-state index in [0.717, 1.165) is 88.2 Å². The van der Waals surface area contributed by atoms with Crippen molar-refractivity contribution < 1.29 is 8.83 Å². The van der Waals surface area contributed by atoms with E-state index in [1.54, 1.807) is 0 Å². The molecule has 0 radical (unpaired) electrons. The number of nitrogens with zero attached hydrogens (tertiary/aromatic N) is 1. The first-order valence-corrected chi connectivity index (χ1v) is 17.3. The largest absolute Gasteiger partial charge is 0.455 e. The van der Waals surface area contributed by atoms with Crippen molar-refractivity contribution in [2.45, 2.75) is 0 Å². The Balaban J connectivity index is 1.22. The maximum Gasteiger partial charge on any atom is 0.160 e. The smallest absolute Gasteiger partial charge is 0.160 e. The first-order chi connectivity index (χ1) is 25.3. The molecule has 0 fully saturated rings. The lowest BCUT2D eigenvalue weighted by molar-refractivity contribution is 0.670. The Hall–Kier alpha value is -6.84. The molecule has 238 valence electrons. The van der Waals surface area contributed by atoms with Gasteiger partial charge in [0, 0.05) is 43.6 Å². The standard InChI is InChI=1S/C48H29NO2/c1-2-11-30(12-3-1)31-21-23-32(24-22-31)33-27-34(36-16-10-17-41-38-14-5-8-19-44(38)50-47(36)41)29-35(28-33)49-43-18-7-4-13-37(43)40-25-26-42-39-15-6-9-20-45(39)51-48(42)46(40)49/h1-29H. The third-order valence-corrected chi connectivity index (χ3v) is 10.4. The van der Waals surface area contributed by atoms with E-state index >= 15 is 0 Å². The molecule has 0 spiro atoms. The lowest BCUT2D eigenvalue weighted by atomic mass is 9.95. The van der Waals surface area contributed by atoms with E-state index < -0.39 is 0 Å². The van der Waals surface area contributed by atoms with Crippen LogP contribution in [0.25, 0.3) is 105 Å². The zero-order valence-corrected chi connectivity index (χ0v) is 27.5. The molecule has 0 aliphatic rings. The summed E-state index contributed by atoms with van der Waals surface area (Å²) in [6.45, 7) is 0.